The average Bonchev–Trinajstić information content (AvgIpc) is 2.75. The van der Waals surface area contributed by atoms with E-state index in [9.17, 15) is 10.1 Å². The van der Waals surface area contributed by atoms with E-state index in [4.69, 9.17) is 0 Å². The van der Waals surface area contributed by atoms with Crippen molar-refractivity contribution in [2.45, 2.75) is 34.2 Å². The first-order valence-electron chi connectivity index (χ1n) is 11.0. The molecule has 2 aromatic rings. The number of carbonyl (C=O) groups excluding carboxylic acids is 1. The van der Waals surface area contributed by atoms with Crippen LogP contribution in [-0.2, 0) is 6.54 Å². The Morgan fingerprint density at radius 2 is 1.84 bits per heavy atom. The van der Waals surface area contributed by atoms with Gasteiger partial charge in [-0.25, -0.2) is 4.98 Å². The number of hydrogen-bond acceptors (Lipinski definition) is 7. The van der Waals surface area contributed by atoms with Gasteiger partial charge in [0, 0.05) is 56.6 Å². The number of aryl methyl sites for hydroxylation is 1. The van der Waals surface area contributed by atoms with Gasteiger partial charge in [0.15, 0.2) is 5.82 Å². The van der Waals surface area contributed by atoms with E-state index >= 15 is 0 Å². The molecule has 1 aromatic carbocycles. The summed E-state index contributed by atoms with van der Waals surface area (Å²) in [5.41, 5.74) is 5.44. The van der Waals surface area contributed by atoms with Gasteiger partial charge >= 0.3 is 0 Å². The zero-order valence-corrected chi connectivity index (χ0v) is 19.7. The van der Waals surface area contributed by atoms with Crippen LogP contribution in [-0.4, -0.2) is 65.4 Å². The van der Waals surface area contributed by atoms with Crippen LogP contribution in [0.25, 0.3) is 0 Å². The molecule has 2 heterocycles. The molecule has 0 unspecified atom stereocenters. The minimum atomic E-state index is -0.211. The molecule has 3 rings (SSSR count). The number of anilines is 1. The Kier molecular flexibility index (Phi) is 7.44. The number of carbonyl (C=O) groups is 1. The summed E-state index contributed by atoms with van der Waals surface area (Å²) >= 11 is 0. The van der Waals surface area contributed by atoms with Crippen molar-refractivity contribution in [2.24, 2.45) is 5.41 Å². The van der Waals surface area contributed by atoms with Crippen LogP contribution >= 0.6 is 0 Å². The summed E-state index contributed by atoms with van der Waals surface area (Å²) < 4.78 is 0. The van der Waals surface area contributed by atoms with Crippen molar-refractivity contribution in [2.75, 3.05) is 44.8 Å². The monoisotopic (exact) mass is 435 g/mol. The van der Waals surface area contributed by atoms with Crippen LogP contribution in [0.1, 0.15) is 48.1 Å². The maximum absolute atomic E-state index is 13.0. The lowest BCUT2D eigenvalue weighted by Crippen LogP contribution is -2.47. The molecule has 1 aliphatic rings. The minimum absolute atomic E-state index is 0.0759. The fourth-order valence-electron chi connectivity index (χ4n) is 3.61. The quantitative estimate of drug-likeness (QED) is 0.698. The number of hydrazine groups is 1. The Morgan fingerprint density at radius 3 is 2.44 bits per heavy atom. The highest BCUT2D eigenvalue weighted by Crippen LogP contribution is 2.22. The van der Waals surface area contributed by atoms with Gasteiger partial charge in [-0.05, 0) is 37.1 Å². The zero-order chi connectivity index (χ0) is 23.3. The molecule has 1 fully saturated rings. The van der Waals surface area contributed by atoms with E-state index in [-0.39, 0.29) is 17.1 Å². The van der Waals surface area contributed by atoms with Gasteiger partial charge in [0.2, 0.25) is 5.82 Å². The fourth-order valence-corrected chi connectivity index (χ4v) is 3.61. The van der Waals surface area contributed by atoms with Crippen LogP contribution in [0.5, 0.6) is 0 Å². The molecule has 0 aliphatic carbocycles. The maximum Gasteiger partial charge on any atom is 0.269 e. The molecule has 0 radical (unpaired) electrons. The average molecular weight is 436 g/mol. The van der Waals surface area contributed by atoms with E-state index in [2.05, 4.69) is 53.0 Å². The first-order chi connectivity index (χ1) is 15.1. The molecule has 1 amide bonds. The molecular formula is C24H33N7O. The highest BCUT2D eigenvalue weighted by molar-refractivity contribution is 5.95. The molecule has 8 heteroatoms. The van der Waals surface area contributed by atoms with E-state index < -0.39 is 0 Å². The molecule has 0 bridgehead atoms. The second kappa shape index (κ2) is 10.1. The summed E-state index contributed by atoms with van der Waals surface area (Å²) in [6, 6.07) is 9.74. The largest absolute Gasteiger partial charge is 0.304 e. The molecule has 1 aliphatic heterocycles. The Bertz CT molecular complexity index is 967. The summed E-state index contributed by atoms with van der Waals surface area (Å²) in [5.74, 6) is 0.399. The number of nitrogens with zero attached hydrogens (tertiary/aromatic N) is 6. The van der Waals surface area contributed by atoms with E-state index in [1.807, 2.05) is 37.3 Å². The minimum Gasteiger partial charge on any atom is -0.304 e. The third-order valence-electron chi connectivity index (χ3n) is 5.39. The van der Waals surface area contributed by atoms with Gasteiger partial charge < -0.3 is 4.90 Å². The lowest BCUT2D eigenvalue weighted by molar-refractivity contribution is 0.0945. The van der Waals surface area contributed by atoms with Crippen LogP contribution in [0, 0.1) is 23.7 Å². The number of hydrogen-bond donors (Lipinski definition) is 1. The molecule has 1 aromatic heterocycles. The Balaban J connectivity index is 1.72. The van der Waals surface area contributed by atoms with Crippen molar-refractivity contribution in [1.82, 2.24) is 25.2 Å². The lowest BCUT2D eigenvalue weighted by Gasteiger charge is -2.32. The summed E-state index contributed by atoms with van der Waals surface area (Å²) in [4.78, 5) is 26.2. The van der Waals surface area contributed by atoms with E-state index in [0.717, 1.165) is 38.3 Å². The molecule has 8 nitrogen and oxygen atoms in total. The summed E-state index contributed by atoms with van der Waals surface area (Å²) in [7, 11) is 2.15. The summed E-state index contributed by atoms with van der Waals surface area (Å²) in [6.45, 7) is 13.8. The first-order valence-corrected chi connectivity index (χ1v) is 11.0. The van der Waals surface area contributed by atoms with Gasteiger partial charge in [-0.3, -0.25) is 20.1 Å². The van der Waals surface area contributed by atoms with Crippen molar-refractivity contribution < 1.29 is 4.79 Å². The molecule has 0 spiro atoms. The molecular weight excluding hydrogens is 402 g/mol. The zero-order valence-electron chi connectivity index (χ0n) is 19.7. The highest BCUT2D eigenvalue weighted by atomic mass is 16.2. The van der Waals surface area contributed by atoms with Crippen LogP contribution < -0.4 is 10.4 Å². The molecule has 0 saturated carbocycles. The Morgan fingerprint density at radius 1 is 1.19 bits per heavy atom. The number of nitriles is 1. The van der Waals surface area contributed by atoms with Crippen LogP contribution in [0.3, 0.4) is 0 Å². The van der Waals surface area contributed by atoms with Gasteiger partial charge in [0.05, 0.1) is 0 Å². The smallest absolute Gasteiger partial charge is 0.269 e. The third kappa shape index (κ3) is 6.49. The predicted molar refractivity (Wildman–Crippen MR) is 125 cm³/mol. The number of likely N-dealkylation sites (N-methyl/N-ethyl adjacent to an activating group) is 1. The first kappa shape index (κ1) is 23.6. The Hall–Kier alpha value is -3.02. The van der Waals surface area contributed by atoms with Gasteiger partial charge in [-0.1, -0.05) is 32.9 Å². The normalized spacial score (nSPS) is 15.2. The van der Waals surface area contributed by atoms with Gasteiger partial charge in [0.25, 0.3) is 5.91 Å². The molecule has 32 heavy (non-hydrogen) atoms. The van der Waals surface area contributed by atoms with Gasteiger partial charge in [-0.15, -0.1) is 0 Å². The topological polar surface area (TPSA) is 88.4 Å². The summed E-state index contributed by atoms with van der Waals surface area (Å²) in [6.07, 6.45) is 1.61. The standard InChI is InChI=1S/C24H33N7O/c1-18-15-26-21(14-25)27-22(18)31(17-24(2,3)4)28-23(32)20-8-6-19(7-9-20)16-30-12-10-29(5)11-13-30/h6-9,15H,10-13,16-17H2,1-5H3,(H,28,32). The van der Waals surface area contributed by atoms with Gasteiger partial charge in [0.1, 0.15) is 6.07 Å². The van der Waals surface area contributed by atoms with Crippen LogP contribution in [0.2, 0.25) is 0 Å². The van der Waals surface area contributed by atoms with Crippen LogP contribution in [0.4, 0.5) is 5.82 Å². The SMILES string of the molecule is Cc1cnc(C#N)nc1N(CC(C)(C)C)NC(=O)c1ccc(CN2CCN(C)CC2)cc1. The highest BCUT2D eigenvalue weighted by Gasteiger charge is 2.23. The van der Waals surface area contributed by atoms with E-state index in [1.165, 1.54) is 5.56 Å². The molecule has 1 N–H and O–H groups in total. The fraction of sp³-hybridized carbons (Fsp3) is 0.500. The van der Waals surface area contributed by atoms with E-state index in [0.29, 0.717) is 17.9 Å². The van der Waals surface area contributed by atoms with Crippen molar-refractivity contribution in [3.05, 3.63) is 53.0 Å². The second-order valence-electron chi connectivity index (χ2n) is 9.68. The predicted octanol–water partition coefficient (Wildman–Crippen LogP) is 2.60. The van der Waals surface area contributed by atoms with Crippen molar-refractivity contribution in [3.8, 4) is 6.07 Å². The second-order valence-corrected chi connectivity index (χ2v) is 9.68. The number of rotatable bonds is 6. The van der Waals surface area contributed by atoms with Crippen molar-refractivity contribution >= 4 is 11.7 Å². The number of aromatic nitrogens is 2. The Labute approximate surface area is 190 Å². The number of piperazine rings is 1. The third-order valence-corrected chi connectivity index (χ3v) is 5.39. The molecule has 170 valence electrons. The summed E-state index contributed by atoms with van der Waals surface area (Å²) in [5, 5.41) is 10.9. The lowest BCUT2D eigenvalue weighted by atomic mass is 9.96. The molecule has 0 atom stereocenters. The number of amides is 1. The molecule has 1 saturated heterocycles. The van der Waals surface area contributed by atoms with Crippen molar-refractivity contribution in [3.63, 3.8) is 0 Å². The number of benzene rings is 1. The van der Waals surface area contributed by atoms with Gasteiger partial charge in [-0.2, -0.15) is 10.2 Å². The van der Waals surface area contributed by atoms with E-state index in [1.54, 1.807) is 11.2 Å². The maximum atomic E-state index is 13.0. The van der Waals surface area contributed by atoms with Crippen LogP contribution in [0.15, 0.2) is 30.5 Å². The van der Waals surface area contributed by atoms with Crippen molar-refractivity contribution in [1.29, 1.82) is 5.26 Å². The number of nitrogens with one attached hydrogen (secondary N) is 1.